The van der Waals surface area contributed by atoms with E-state index in [1.165, 1.54) is 6.92 Å². The molecule has 0 amide bonds. The topological polar surface area (TPSA) is 63.6 Å². The number of ether oxygens (including phenoxy) is 1. The number of unbranched alkanes of at least 4 members (excludes halogenated alkanes) is 1. The lowest BCUT2D eigenvalue weighted by molar-refractivity contribution is -0.136. The summed E-state index contributed by atoms with van der Waals surface area (Å²) < 4.78 is 16.1. The molecule has 0 fully saturated rings. The van der Waals surface area contributed by atoms with E-state index < -0.39 is 22.0 Å². The monoisotopic (exact) mass is 208 g/mol. The predicted octanol–water partition coefficient (Wildman–Crippen LogP) is 0.635. The SMILES string of the molecule is COCCCCS(=O)C(C)C(=O)O. The second kappa shape index (κ2) is 7.03. The van der Waals surface area contributed by atoms with Crippen molar-refractivity contribution in [1.29, 1.82) is 0 Å². The van der Waals surface area contributed by atoms with E-state index in [1.54, 1.807) is 7.11 Å². The number of methoxy groups -OCH3 is 1. The molecule has 1 N–H and O–H groups in total. The minimum Gasteiger partial charge on any atom is -0.480 e. The third-order valence-electron chi connectivity index (χ3n) is 1.69. The van der Waals surface area contributed by atoms with E-state index in [4.69, 9.17) is 9.84 Å². The molecule has 0 aromatic heterocycles. The zero-order valence-electron chi connectivity index (χ0n) is 7.99. The third-order valence-corrected chi connectivity index (χ3v) is 3.37. The van der Waals surface area contributed by atoms with Crippen molar-refractivity contribution in [2.24, 2.45) is 0 Å². The van der Waals surface area contributed by atoms with Crippen molar-refractivity contribution in [3.8, 4) is 0 Å². The standard InChI is InChI=1S/C8H16O4S/c1-7(8(9)10)13(11)6-4-3-5-12-2/h7H,3-6H2,1-2H3,(H,9,10). The Kier molecular flexibility index (Phi) is 6.80. The predicted molar refractivity (Wildman–Crippen MR) is 51.2 cm³/mol. The highest BCUT2D eigenvalue weighted by atomic mass is 32.2. The van der Waals surface area contributed by atoms with Gasteiger partial charge in [-0.15, -0.1) is 0 Å². The summed E-state index contributed by atoms with van der Waals surface area (Å²) in [4.78, 5) is 10.4. The molecule has 0 saturated heterocycles. The Labute approximate surface area is 80.7 Å². The number of aliphatic carboxylic acids is 1. The van der Waals surface area contributed by atoms with E-state index in [1.807, 2.05) is 0 Å². The number of carboxylic acid groups (broad SMARTS) is 1. The van der Waals surface area contributed by atoms with Crippen LogP contribution < -0.4 is 0 Å². The molecule has 0 rings (SSSR count). The fourth-order valence-electron chi connectivity index (χ4n) is 0.780. The fourth-order valence-corrected chi connectivity index (χ4v) is 1.85. The maximum absolute atomic E-state index is 11.2. The van der Waals surface area contributed by atoms with Crippen LogP contribution in [-0.4, -0.2) is 40.0 Å². The third kappa shape index (κ3) is 5.76. The van der Waals surface area contributed by atoms with Crippen molar-refractivity contribution in [2.75, 3.05) is 19.5 Å². The van der Waals surface area contributed by atoms with Crippen molar-refractivity contribution in [2.45, 2.75) is 25.0 Å². The van der Waals surface area contributed by atoms with Crippen LogP contribution in [0.4, 0.5) is 0 Å². The Hall–Kier alpha value is -0.420. The zero-order chi connectivity index (χ0) is 10.3. The van der Waals surface area contributed by atoms with Crippen molar-refractivity contribution in [3.05, 3.63) is 0 Å². The molecule has 0 bridgehead atoms. The summed E-state index contributed by atoms with van der Waals surface area (Å²) in [5, 5.41) is 7.78. The van der Waals surface area contributed by atoms with Crippen LogP contribution in [0, 0.1) is 0 Å². The van der Waals surface area contributed by atoms with E-state index >= 15 is 0 Å². The number of carbonyl (C=O) groups is 1. The summed E-state index contributed by atoms with van der Waals surface area (Å²) in [6, 6.07) is 0. The molecule has 0 spiro atoms. The van der Waals surface area contributed by atoms with Gasteiger partial charge in [0.2, 0.25) is 0 Å². The molecule has 0 aliphatic heterocycles. The van der Waals surface area contributed by atoms with Gasteiger partial charge in [0.1, 0.15) is 5.25 Å². The molecule has 0 aliphatic carbocycles. The minimum absolute atomic E-state index is 0.441. The minimum atomic E-state index is -1.25. The molecule has 0 aliphatic rings. The van der Waals surface area contributed by atoms with Crippen LogP contribution in [0.3, 0.4) is 0 Å². The van der Waals surface area contributed by atoms with Crippen LogP contribution >= 0.6 is 0 Å². The van der Waals surface area contributed by atoms with Gasteiger partial charge in [0.25, 0.3) is 0 Å². The van der Waals surface area contributed by atoms with Crippen molar-refractivity contribution in [1.82, 2.24) is 0 Å². The normalized spacial score (nSPS) is 15.2. The summed E-state index contributed by atoms with van der Waals surface area (Å²) in [7, 11) is 0.355. The van der Waals surface area contributed by atoms with Gasteiger partial charge in [-0.3, -0.25) is 9.00 Å². The quantitative estimate of drug-likeness (QED) is 0.623. The molecule has 13 heavy (non-hydrogen) atoms. The second-order valence-electron chi connectivity index (χ2n) is 2.77. The Balaban J connectivity index is 3.56. The maximum atomic E-state index is 11.2. The van der Waals surface area contributed by atoms with Gasteiger partial charge in [0.05, 0.1) is 0 Å². The first kappa shape index (κ1) is 12.6. The largest absolute Gasteiger partial charge is 0.480 e. The smallest absolute Gasteiger partial charge is 0.318 e. The second-order valence-corrected chi connectivity index (χ2v) is 4.64. The summed E-state index contributed by atoms with van der Waals surface area (Å²) in [5.41, 5.74) is 0. The zero-order valence-corrected chi connectivity index (χ0v) is 8.80. The molecule has 0 saturated carbocycles. The van der Waals surface area contributed by atoms with Crippen LogP contribution in [-0.2, 0) is 20.3 Å². The van der Waals surface area contributed by atoms with Gasteiger partial charge in [-0.2, -0.15) is 0 Å². The van der Waals surface area contributed by atoms with E-state index in [0.29, 0.717) is 12.4 Å². The van der Waals surface area contributed by atoms with Crippen molar-refractivity contribution in [3.63, 3.8) is 0 Å². The fraction of sp³-hybridized carbons (Fsp3) is 0.875. The lowest BCUT2D eigenvalue weighted by Crippen LogP contribution is -2.23. The van der Waals surface area contributed by atoms with Crippen LogP contribution in [0.25, 0.3) is 0 Å². The van der Waals surface area contributed by atoms with Gasteiger partial charge in [-0.05, 0) is 19.8 Å². The van der Waals surface area contributed by atoms with E-state index in [0.717, 1.165) is 12.8 Å². The number of hydrogen-bond donors (Lipinski definition) is 1. The van der Waals surface area contributed by atoms with Gasteiger partial charge in [-0.1, -0.05) is 0 Å². The van der Waals surface area contributed by atoms with Crippen LogP contribution in [0.1, 0.15) is 19.8 Å². The highest BCUT2D eigenvalue weighted by Gasteiger charge is 2.17. The summed E-state index contributed by atoms with van der Waals surface area (Å²) in [6.07, 6.45) is 1.58. The molecule has 4 nitrogen and oxygen atoms in total. The molecule has 0 aromatic rings. The van der Waals surface area contributed by atoms with Gasteiger partial charge in [0.15, 0.2) is 0 Å². The Morgan fingerprint density at radius 1 is 1.54 bits per heavy atom. The van der Waals surface area contributed by atoms with Crippen LogP contribution in [0.15, 0.2) is 0 Å². The lowest BCUT2D eigenvalue weighted by atomic mass is 10.4. The van der Waals surface area contributed by atoms with Crippen molar-refractivity contribution < 1.29 is 18.8 Å². The van der Waals surface area contributed by atoms with Gasteiger partial charge in [-0.25, -0.2) is 0 Å². The van der Waals surface area contributed by atoms with Crippen molar-refractivity contribution >= 4 is 16.8 Å². The van der Waals surface area contributed by atoms with Crippen LogP contribution in [0.5, 0.6) is 0 Å². The molecular weight excluding hydrogens is 192 g/mol. The van der Waals surface area contributed by atoms with Gasteiger partial charge < -0.3 is 9.84 Å². The lowest BCUT2D eigenvalue weighted by Gasteiger charge is -2.05. The molecule has 5 heteroatoms. The summed E-state index contributed by atoms with van der Waals surface area (Å²) >= 11 is 0. The molecule has 78 valence electrons. The first-order valence-corrected chi connectivity index (χ1v) is 5.56. The first-order chi connectivity index (χ1) is 6.09. The summed E-state index contributed by atoms with van der Waals surface area (Å²) in [5.74, 6) is -0.554. The average Bonchev–Trinajstić information content (AvgIpc) is 2.10. The molecular formula is C8H16O4S. The Morgan fingerprint density at radius 3 is 2.62 bits per heavy atom. The van der Waals surface area contributed by atoms with Crippen LogP contribution in [0.2, 0.25) is 0 Å². The highest BCUT2D eigenvalue weighted by molar-refractivity contribution is 7.86. The van der Waals surface area contributed by atoms with E-state index in [-0.39, 0.29) is 0 Å². The Bertz CT molecular complexity index is 181. The number of rotatable bonds is 7. The Morgan fingerprint density at radius 2 is 2.15 bits per heavy atom. The molecule has 2 unspecified atom stereocenters. The van der Waals surface area contributed by atoms with Gasteiger partial charge in [0, 0.05) is 30.3 Å². The summed E-state index contributed by atoms with van der Waals surface area (Å²) in [6.45, 7) is 2.10. The number of hydrogen-bond acceptors (Lipinski definition) is 3. The molecule has 2 atom stereocenters. The molecule has 0 heterocycles. The number of carboxylic acids is 1. The molecule has 0 radical (unpaired) electrons. The molecule has 0 aromatic carbocycles. The highest BCUT2D eigenvalue weighted by Crippen LogP contribution is 2.00. The van der Waals surface area contributed by atoms with E-state index in [9.17, 15) is 9.00 Å². The average molecular weight is 208 g/mol. The van der Waals surface area contributed by atoms with E-state index in [2.05, 4.69) is 0 Å². The van der Waals surface area contributed by atoms with Gasteiger partial charge >= 0.3 is 5.97 Å². The first-order valence-electron chi connectivity index (χ1n) is 4.18. The maximum Gasteiger partial charge on any atom is 0.318 e.